The Morgan fingerprint density at radius 1 is 0.309 bits per heavy atom. The van der Waals surface area contributed by atoms with Crippen molar-refractivity contribution in [1.82, 2.24) is 0 Å². The van der Waals surface area contributed by atoms with Crippen LogP contribution in [-0.2, 0) is 33.3 Å². The number of esters is 2. The van der Waals surface area contributed by atoms with Gasteiger partial charge in [0.15, 0.2) is 12.4 Å². The highest BCUT2D eigenvalue weighted by Gasteiger charge is 2.22. The third-order valence-corrected chi connectivity index (χ3v) is 15.8. The Hall–Kier alpha value is -5.87. The molecule has 0 bridgehead atoms. The van der Waals surface area contributed by atoms with Crippen LogP contribution in [0.4, 0.5) is 0 Å². The second-order valence-corrected chi connectivity index (χ2v) is 26.2. The molecule has 0 aromatic rings. The first kappa shape index (κ1) is 91.1. The van der Waals surface area contributed by atoms with Gasteiger partial charge in [0, 0.05) is 12.8 Å². The zero-order valence-electron chi connectivity index (χ0n) is 62.4. The van der Waals surface area contributed by atoms with E-state index in [1.54, 1.807) is 0 Å². The first-order valence-corrected chi connectivity index (χ1v) is 38.6. The zero-order valence-corrected chi connectivity index (χ0v) is 62.4. The first-order valence-electron chi connectivity index (χ1n) is 38.6. The number of ether oxygens (including phenoxy) is 4. The van der Waals surface area contributed by atoms with Crippen LogP contribution in [0.3, 0.4) is 0 Å². The van der Waals surface area contributed by atoms with Gasteiger partial charge < -0.3 is 33.3 Å². The van der Waals surface area contributed by atoms with Crippen molar-refractivity contribution in [2.75, 3.05) is 47.5 Å². The number of nitrogens with zero attached hydrogens (tertiary/aromatic N) is 1. The zero-order chi connectivity index (χ0) is 70.4. The molecule has 0 saturated carbocycles. The van der Waals surface area contributed by atoms with Crippen molar-refractivity contribution >= 4 is 17.9 Å². The van der Waals surface area contributed by atoms with Crippen LogP contribution >= 0.6 is 0 Å². The van der Waals surface area contributed by atoms with Gasteiger partial charge in [-0.15, -0.1) is 0 Å². The molecular weight excluding hydrogens is 1200 g/mol. The van der Waals surface area contributed by atoms with Gasteiger partial charge in [-0.05, 0) is 141 Å². The van der Waals surface area contributed by atoms with E-state index in [9.17, 15) is 19.5 Å². The van der Waals surface area contributed by atoms with Crippen LogP contribution in [0.5, 0.6) is 0 Å². The van der Waals surface area contributed by atoms with Crippen molar-refractivity contribution in [1.29, 1.82) is 0 Å². The average Bonchev–Trinajstić information content (AvgIpc) is 3.11. The van der Waals surface area contributed by atoms with E-state index in [4.69, 9.17) is 18.9 Å². The van der Waals surface area contributed by atoms with E-state index in [-0.39, 0.29) is 38.6 Å². The molecule has 0 rings (SSSR count). The number of carboxylic acid groups (broad SMARTS) is 1. The monoisotopic (exact) mass is 1340 g/mol. The van der Waals surface area contributed by atoms with Gasteiger partial charge in [-0.3, -0.25) is 9.59 Å². The maximum Gasteiger partial charge on any atom is 0.306 e. The first-order chi connectivity index (χ1) is 47.6. The molecule has 0 amide bonds. The molecule has 0 aromatic heterocycles. The lowest BCUT2D eigenvalue weighted by Gasteiger charge is -2.26. The third-order valence-electron chi connectivity index (χ3n) is 15.8. The van der Waals surface area contributed by atoms with Gasteiger partial charge >= 0.3 is 11.9 Å². The predicted molar refractivity (Wildman–Crippen MR) is 416 cm³/mol. The van der Waals surface area contributed by atoms with Crippen molar-refractivity contribution < 1.29 is 42.9 Å². The van der Waals surface area contributed by atoms with Crippen LogP contribution in [-0.4, -0.2) is 82.3 Å². The average molecular weight is 1340 g/mol. The molecular formula is C88H141NO8. The van der Waals surface area contributed by atoms with Gasteiger partial charge in [-0.25, -0.2) is 0 Å². The molecule has 2 unspecified atom stereocenters. The number of aliphatic carboxylic acids is 1. The van der Waals surface area contributed by atoms with Crippen LogP contribution in [0, 0.1) is 0 Å². The number of hydrogen-bond donors (Lipinski definition) is 0. The van der Waals surface area contributed by atoms with E-state index >= 15 is 0 Å². The summed E-state index contributed by atoms with van der Waals surface area (Å²) in [6.07, 6.45) is 114. The highest BCUT2D eigenvalue weighted by Crippen LogP contribution is 2.17. The lowest BCUT2D eigenvalue weighted by Crippen LogP contribution is -2.44. The summed E-state index contributed by atoms with van der Waals surface area (Å²) in [6.45, 7) is 4.48. The van der Waals surface area contributed by atoms with Crippen molar-refractivity contribution in [3.05, 3.63) is 194 Å². The lowest BCUT2D eigenvalue weighted by molar-refractivity contribution is -0.870. The molecule has 0 radical (unpaired) electrons. The van der Waals surface area contributed by atoms with Crippen LogP contribution in [0.15, 0.2) is 194 Å². The fourth-order valence-corrected chi connectivity index (χ4v) is 10.0. The summed E-state index contributed by atoms with van der Waals surface area (Å²) < 4.78 is 22.8. The molecule has 0 aliphatic heterocycles. The normalized spacial score (nSPS) is 13.8. The minimum atomic E-state index is -1.64. The van der Waals surface area contributed by atoms with Gasteiger partial charge in [0.2, 0.25) is 0 Å². The highest BCUT2D eigenvalue weighted by molar-refractivity contribution is 5.70. The quantitative estimate of drug-likeness (QED) is 0.0195. The molecule has 0 aromatic carbocycles. The molecule has 0 fully saturated rings. The van der Waals surface area contributed by atoms with E-state index in [2.05, 4.69) is 208 Å². The van der Waals surface area contributed by atoms with Crippen molar-refractivity contribution in [3.63, 3.8) is 0 Å². The fraction of sp³-hybridized carbons (Fsp3) is 0.602. The minimum Gasteiger partial charge on any atom is -0.545 e. The molecule has 9 nitrogen and oxygen atoms in total. The SMILES string of the molecule is CC/C=C\C/C=C\C/C=C\C/C=C\C/C=C\C/C=C\C/C=C\C/C=C\C/C=C\C/C=C\C/C=C\CCCCCC(=O)OC(COC(=O)CCCCCCCCCCCCCCCCCCCCC/C=C\C/C=C\C/C=C\C/C=C\C/C=C\CC)COC(OCC[N+](C)(C)C)C(=O)[O-]. The Balaban J connectivity index is 4.18. The van der Waals surface area contributed by atoms with Gasteiger partial charge in [0.25, 0.3) is 0 Å². The van der Waals surface area contributed by atoms with Crippen molar-refractivity contribution in [2.45, 2.75) is 296 Å². The number of carbonyl (C=O) groups is 3. The third kappa shape index (κ3) is 77.4. The number of allylic oxidation sites excluding steroid dienone is 32. The molecule has 0 aliphatic rings. The molecule has 546 valence electrons. The summed E-state index contributed by atoms with van der Waals surface area (Å²) in [5, 5.41) is 11.9. The number of quaternary nitrogens is 1. The molecule has 0 spiro atoms. The maximum absolute atomic E-state index is 13.0. The predicted octanol–water partition coefficient (Wildman–Crippen LogP) is 23.6. The van der Waals surface area contributed by atoms with E-state index < -0.39 is 24.3 Å². The molecule has 9 heteroatoms. The fourth-order valence-electron chi connectivity index (χ4n) is 10.0. The molecule has 0 aliphatic carbocycles. The summed E-state index contributed by atoms with van der Waals surface area (Å²) in [5.74, 6) is -2.34. The maximum atomic E-state index is 13.0. The number of carbonyl (C=O) groups excluding carboxylic acids is 3. The molecule has 0 heterocycles. The van der Waals surface area contributed by atoms with Gasteiger partial charge in [0.05, 0.1) is 40.3 Å². The molecule has 2 atom stereocenters. The number of likely N-dealkylation sites (N-methyl/N-ethyl adjacent to an activating group) is 1. The Bertz CT molecular complexity index is 2310. The van der Waals surface area contributed by atoms with Crippen LogP contribution in [0.2, 0.25) is 0 Å². The lowest BCUT2D eigenvalue weighted by atomic mass is 10.0. The number of carboxylic acids is 1. The summed E-state index contributed by atoms with van der Waals surface area (Å²) in [7, 11) is 5.91. The Morgan fingerprint density at radius 3 is 0.835 bits per heavy atom. The smallest absolute Gasteiger partial charge is 0.306 e. The van der Waals surface area contributed by atoms with Gasteiger partial charge in [-0.2, -0.15) is 0 Å². The summed E-state index contributed by atoms with van der Waals surface area (Å²) in [4.78, 5) is 37.6. The minimum absolute atomic E-state index is 0.132. The Morgan fingerprint density at radius 2 is 0.557 bits per heavy atom. The standard InChI is InChI=1S/C88H141NO8/c1-6-8-10-12-14-16-18-20-22-24-26-28-30-32-34-36-38-40-42-43-45-47-49-51-53-55-57-59-61-63-65-67-69-71-73-75-77-79-86(91)97-84(83-96-88(87(92)93)94-81-80-89(3,4)5)82-95-85(90)78-76-74-72-70-68-66-64-62-60-58-56-54-52-50-48-46-44-41-39-37-35-33-31-29-27-25-23-21-19-17-15-13-11-9-7-2/h8-11,14-17,20-23,26-29,32-35,38,40,43,45,49,51,55,57,61,63,67,69,84,88H,6-7,12-13,18-19,24-25,30-31,36-37,39,41-42,44,46-48,50,52-54,56,58-60,62,64-66,68,70-83H2,1-5H3/b10-8-,11-9-,16-14-,17-15-,22-20-,23-21-,28-26-,29-27-,34-32-,35-33-,40-38-,45-43-,51-49-,57-55-,63-61-,69-67-. The largest absolute Gasteiger partial charge is 0.545 e. The number of rotatable bonds is 69. The van der Waals surface area contributed by atoms with Crippen molar-refractivity contribution in [3.8, 4) is 0 Å². The Kier molecular flexibility index (Phi) is 71.3. The second kappa shape index (κ2) is 75.9. The molecule has 0 saturated heterocycles. The number of unbranched alkanes of at least 4 members (excludes halogenated alkanes) is 22. The molecule has 0 N–H and O–H groups in total. The van der Waals surface area contributed by atoms with Gasteiger partial charge in [0.1, 0.15) is 13.2 Å². The summed E-state index contributed by atoms with van der Waals surface area (Å²) in [6, 6.07) is 0. The second-order valence-electron chi connectivity index (χ2n) is 26.2. The van der Waals surface area contributed by atoms with Crippen LogP contribution in [0.25, 0.3) is 0 Å². The highest BCUT2D eigenvalue weighted by atomic mass is 16.7. The number of hydrogen-bond acceptors (Lipinski definition) is 8. The summed E-state index contributed by atoms with van der Waals surface area (Å²) in [5.41, 5.74) is 0. The van der Waals surface area contributed by atoms with Gasteiger partial charge in [-0.1, -0.05) is 324 Å². The van der Waals surface area contributed by atoms with E-state index in [0.717, 1.165) is 141 Å². The Labute approximate surface area is 595 Å². The van der Waals surface area contributed by atoms with Crippen LogP contribution in [0.1, 0.15) is 284 Å². The van der Waals surface area contributed by atoms with E-state index in [1.165, 1.54) is 109 Å². The van der Waals surface area contributed by atoms with Crippen LogP contribution < -0.4 is 5.11 Å². The topological polar surface area (TPSA) is 111 Å². The van der Waals surface area contributed by atoms with E-state index in [1.807, 2.05) is 21.1 Å². The summed E-state index contributed by atoms with van der Waals surface area (Å²) >= 11 is 0. The van der Waals surface area contributed by atoms with Crippen molar-refractivity contribution in [2.24, 2.45) is 0 Å². The molecule has 97 heavy (non-hydrogen) atoms. The van der Waals surface area contributed by atoms with E-state index in [0.29, 0.717) is 17.4 Å².